The van der Waals surface area contributed by atoms with E-state index < -0.39 is 0 Å². The molecule has 0 aromatic carbocycles. The molecule has 3 aliphatic rings. The van der Waals surface area contributed by atoms with Crippen LogP contribution in [0.25, 0.3) is 0 Å². The highest BCUT2D eigenvalue weighted by molar-refractivity contribution is 4.90. The van der Waals surface area contributed by atoms with Crippen LogP contribution in [0.5, 0.6) is 0 Å². The Kier molecular flexibility index (Phi) is 7.57. The van der Waals surface area contributed by atoms with Gasteiger partial charge < -0.3 is 9.47 Å². The summed E-state index contributed by atoms with van der Waals surface area (Å²) in [5.74, 6) is 3.96. The summed E-state index contributed by atoms with van der Waals surface area (Å²) in [6, 6.07) is 0. The van der Waals surface area contributed by atoms with Gasteiger partial charge in [-0.05, 0) is 92.8 Å². The molecule has 9 unspecified atom stereocenters. The van der Waals surface area contributed by atoms with Crippen LogP contribution in [-0.2, 0) is 9.47 Å². The van der Waals surface area contributed by atoms with E-state index in [1.54, 1.807) is 0 Å². The quantitative estimate of drug-likeness (QED) is 0.501. The molecule has 0 N–H and O–H groups in total. The first-order valence-electron chi connectivity index (χ1n) is 12.4. The van der Waals surface area contributed by atoms with Gasteiger partial charge in [-0.2, -0.15) is 0 Å². The van der Waals surface area contributed by atoms with E-state index in [1.807, 2.05) is 0 Å². The molecule has 0 amide bonds. The van der Waals surface area contributed by atoms with Crippen molar-refractivity contribution in [2.75, 3.05) is 0 Å². The van der Waals surface area contributed by atoms with Crippen LogP contribution in [0.1, 0.15) is 106 Å². The van der Waals surface area contributed by atoms with Crippen LogP contribution in [-0.4, -0.2) is 24.4 Å². The highest BCUT2D eigenvalue weighted by Gasteiger charge is 2.41. The molecule has 3 rings (SSSR count). The SMILES string of the molecule is CC1CCC(OC2CCC(OC3CCC(C)C(C)C3)C(C(C)(C)C)C2)CC1C. The maximum atomic E-state index is 6.80. The van der Waals surface area contributed by atoms with Gasteiger partial charge in [0.2, 0.25) is 0 Å². The van der Waals surface area contributed by atoms with E-state index in [4.69, 9.17) is 9.47 Å². The minimum Gasteiger partial charge on any atom is -0.375 e. The van der Waals surface area contributed by atoms with Gasteiger partial charge in [-0.3, -0.25) is 0 Å². The van der Waals surface area contributed by atoms with Crippen LogP contribution in [0.3, 0.4) is 0 Å². The number of hydrogen-bond acceptors (Lipinski definition) is 2. The molecule has 0 aromatic heterocycles. The Morgan fingerprint density at radius 3 is 1.50 bits per heavy atom. The van der Waals surface area contributed by atoms with Crippen molar-refractivity contribution in [3.8, 4) is 0 Å². The number of rotatable bonds is 4. The second-order valence-electron chi connectivity index (χ2n) is 12.0. The molecule has 0 bridgehead atoms. The number of ether oxygens (including phenoxy) is 2. The molecule has 0 radical (unpaired) electrons. The summed E-state index contributed by atoms with van der Waals surface area (Å²) in [5.41, 5.74) is 0.286. The van der Waals surface area contributed by atoms with E-state index in [2.05, 4.69) is 48.5 Å². The van der Waals surface area contributed by atoms with Crippen LogP contribution in [0.15, 0.2) is 0 Å². The molecule has 0 aromatic rings. The Hall–Kier alpha value is -0.0800. The molecule has 9 atom stereocenters. The Balaban J connectivity index is 1.56. The van der Waals surface area contributed by atoms with Crippen molar-refractivity contribution in [2.45, 2.75) is 131 Å². The lowest BCUT2D eigenvalue weighted by molar-refractivity contribution is -0.144. The van der Waals surface area contributed by atoms with E-state index in [-0.39, 0.29) is 5.41 Å². The monoisotopic (exact) mass is 392 g/mol. The van der Waals surface area contributed by atoms with Crippen LogP contribution in [0.4, 0.5) is 0 Å². The zero-order valence-corrected chi connectivity index (χ0v) is 19.9. The lowest BCUT2D eigenvalue weighted by Gasteiger charge is -2.46. The van der Waals surface area contributed by atoms with E-state index in [0.29, 0.717) is 30.3 Å². The Bertz CT molecular complexity index is 481. The fourth-order valence-electron chi connectivity index (χ4n) is 6.06. The first kappa shape index (κ1) is 22.6. The molecule has 2 nitrogen and oxygen atoms in total. The molecular weight excluding hydrogens is 344 g/mol. The first-order valence-corrected chi connectivity index (χ1v) is 12.4. The largest absolute Gasteiger partial charge is 0.375 e. The summed E-state index contributed by atoms with van der Waals surface area (Å²) in [6.45, 7) is 16.9. The Morgan fingerprint density at radius 1 is 0.536 bits per heavy atom. The molecular formula is C26H48O2. The molecule has 3 saturated carbocycles. The van der Waals surface area contributed by atoms with E-state index in [9.17, 15) is 0 Å². The van der Waals surface area contributed by atoms with Crippen LogP contribution >= 0.6 is 0 Å². The average Bonchev–Trinajstić information content (AvgIpc) is 2.62. The predicted molar refractivity (Wildman–Crippen MR) is 118 cm³/mol. The molecule has 0 heterocycles. The lowest BCUT2D eigenvalue weighted by atomic mass is 9.69. The standard InChI is InChI=1S/C26H48O2/c1-17-8-10-21(14-19(17)3)27-23-12-13-25(24(16-23)26(5,6)7)28-22-11-9-18(2)20(4)15-22/h17-25H,8-16H2,1-7H3. The summed E-state index contributed by atoms with van der Waals surface area (Å²) in [7, 11) is 0. The summed E-state index contributed by atoms with van der Waals surface area (Å²) in [5, 5.41) is 0. The highest BCUT2D eigenvalue weighted by Crippen LogP contribution is 2.43. The van der Waals surface area contributed by atoms with Gasteiger partial charge in [0, 0.05) is 0 Å². The summed E-state index contributed by atoms with van der Waals surface area (Å²) in [4.78, 5) is 0. The maximum absolute atomic E-state index is 6.80. The van der Waals surface area contributed by atoms with Crippen molar-refractivity contribution in [3.63, 3.8) is 0 Å². The summed E-state index contributed by atoms with van der Waals surface area (Å²) >= 11 is 0. The van der Waals surface area contributed by atoms with Gasteiger partial charge in [0.05, 0.1) is 24.4 Å². The second-order valence-corrected chi connectivity index (χ2v) is 12.0. The number of hydrogen-bond donors (Lipinski definition) is 0. The Labute approximate surface area is 175 Å². The first-order chi connectivity index (χ1) is 13.1. The molecule has 28 heavy (non-hydrogen) atoms. The predicted octanol–water partition coefficient (Wildman–Crippen LogP) is 7.25. The normalized spacial score (nSPS) is 45.8. The van der Waals surface area contributed by atoms with Gasteiger partial charge in [0.15, 0.2) is 0 Å². The molecule has 2 heteroatoms. The second kappa shape index (κ2) is 9.38. The minimum absolute atomic E-state index is 0.286. The smallest absolute Gasteiger partial charge is 0.0613 e. The van der Waals surface area contributed by atoms with Crippen molar-refractivity contribution < 1.29 is 9.47 Å². The van der Waals surface area contributed by atoms with Crippen molar-refractivity contribution in [1.82, 2.24) is 0 Å². The van der Waals surface area contributed by atoms with Crippen molar-refractivity contribution >= 4 is 0 Å². The fourth-order valence-corrected chi connectivity index (χ4v) is 6.06. The van der Waals surface area contributed by atoms with Crippen LogP contribution in [0, 0.1) is 35.0 Å². The third-order valence-electron chi connectivity index (χ3n) is 8.70. The molecule has 3 aliphatic carbocycles. The lowest BCUT2D eigenvalue weighted by Crippen LogP contribution is -2.45. The van der Waals surface area contributed by atoms with E-state index in [1.165, 1.54) is 57.8 Å². The summed E-state index contributed by atoms with van der Waals surface area (Å²) < 4.78 is 13.5. The molecule has 164 valence electrons. The van der Waals surface area contributed by atoms with E-state index in [0.717, 1.165) is 23.7 Å². The molecule has 0 spiro atoms. The average molecular weight is 393 g/mol. The maximum Gasteiger partial charge on any atom is 0.0613 e. The van der Waals surface area contributed by atoms with Gasteiger partial charge in [-0.25, -0.2) is 0 Å². The van der Waals surface area contributed by atoms with Gasteiger partial charge in [0.25, 0.3) is 0 Å². The van der Waals surface area contributed by atoms with Crippen LogP contribution in [0.2, 0.25) is 0 Å². The zero-order chi connectivity index (χ0) is 20.5. The van der Waals surface area contributed by atoms with Crippen molar-refractivity contribution in [3.05, 3.63) is 0 Å². The highest BCUT2D eigenvalue weighted by atomic mass is 16.5. The molecule has 3 fully saturated rings. The van der Waals surface area contributed by atoms with Crippen molar-refractivity contribution in [2.24, 2.45) is 35.0 Å². The fraction of sp³-hybridized carbons (Fsp3) is 1.00. The summed E-state index contributed by atoms with van der Waals surface area (Å²) in [6.07, 6.45) is 13.1. The zero-order valence-electron chi connectivity index (χ0n) is 19.9. The minimum atomic E-state index is 0.286. The van der Waals surface area contributed by atoms with Crippen molar-refractivity contribution in [1.29, 1.82) is 0 Å². The topological polar surface area (TPSA) is 18.5 Å². The van der Waals surface area contributed by atoms with E-state index >= 15 is 0 Å². The van der Waals surface area contributed by atoms with Gasteiger partial charge in [-0.15, -0.1) is 0 Å². The molecule has 0 saturated heterocycles. The van der Waals surface area contributed by atoms with Gasteiger partial charge >= 0.3 is 0 Å². The van der Waals surface area contributed by atoms with Gasteiger partial charge in [-0.1, -0.05) is 48.5 Å². The van der Waals surface area contributed by atoms with Crippen LogP contribution < -0.4 is 0 Å². The third-order valence-corrected chi connectivity index (χ3v) is 8.70. The van der Waals surface area contributed by atoms with Gasteiger partial charge in [0.1, 0.15) is 0 Å². The Morgan fingerprint density at radius 2 is 1.00 bits per heavy atom. The third kappa shape index (κ3) is 5.75. The molecule has 0 aliphatic heterocycles.